The lowest BCUT2D eigenvalue weighted by atomic mass is 10.0. The summed E-state index contributed by atoms with van der Waals surface area (Å²) in [6.07, 6.45) is 3.73. The zero-order chi connectivity index (χ0) is 26.3. The number of anilines is 3. The average molecular weight is 558 g/mol. The summed E-state index contributed by atoms with van der Waals surface area (Å²) in [4.78, 5) is 25.1. The van der Waals surface area contributed by atoms with Gasteiger partial charge in [-0.05, 0) is 45.7 Å². The number of aromatic nitrogens is 2. The van der Waals surface area contributed by atoms with Gasteiger partial charge in [0.15, 0.2) is 21.5 Å². The summed E-state index contributed by atoms with van der Waals surface area (Å²) in [6.45, 7) is 7.80. The number of sulfone groups is 1. The molecule has 1 N–H and O–H groups in total. The Balaban J connectivity index is 1.52. The fraction of sp³-hybridized carbons (Fsp3) is 0.522. The first-order valence-corrected chi connectivity index (χ1v) is 14.2. The van der Waals surface area contributed by atoms with Gasteiger partial charge in [0.25, 0.3) is 0 Å². The van der Waals surface area contributed by atoms with Gasteiger partial charge in [0.2, 0.25) is 5.75 Å². The summed E-state index contributed by atoms with van der Waals surface area (Å²) in [5.74, 6) is 1.46. The number of ether oxygens (including phenoxy) is 2. The minimum atomic E-state index is -3.48. The molecule has 1 aromatic carbocycles. The van der Waals surface area contributed by atoms with E-state index in [-0.39, 0.29) is 27.1 Å². The van der Waals surface area contributed by atoms with E-state index in [1.807, 2.05) is 20.8 Å². The first kappa shape index (κ1) is 26.6. The van der Waals surface area contributed by atoms with Crippen LogP contribution in [0.25, 0.3) is 0 Å². The minimum absolute atomic E-state index is 0.0212. The number of rotatable bonds is 4. The molecule has 2 aromatic rings. The standard InChI is InChI=1S/C23H29Cl2N5O5S/c1-23(2,3)35-22(31)29-7-5-14(6-8-29)30-9-10-34-19-20(26-13-27-21(19)30)28-18-16(24)11-15(12-17(18)25)36(4,32)33/h11-14H,5-10H2,1-4H3,(H,26,27,28). The van der Waals surface area contributed by atoms with Crippen molar-refractivity contribution in [1.29, 1.82) is 0 Å². The number of nitrogens with zero attached hydrogens (tertiary/aromatic N) is 4. The number of hydrogen-bond donors (Lipinski definition) is 1. The summed E-state index contributed by atoms with van der Waals surface area (Å²) < 4.78 is 35.2. The highest BCUT2D eigenvalue weighted by molar-refractivity contribution is 7.90. The number of benzene rings is 1. The van der Waals surface area contributed by atoms with Crippen molar-refractivity contribution in [1.82, 2.24) is 14.9 Å². The first-order chi connectivity index (χ1) is 16.8. The summed E-state index contributed by atoms with van der Waals surface area (Å²) >= 11 is 12.7. The van der Waals surface area contributed by atoms with E-state index in [0.717, 1.165) is 19.1 Å². The highest BCUT2D eigenvalue weighted by Gasteiger charge is 2.34. The first-order valence-electron chi connectivity index (χ1n) is 11.5. The molecule has 3 heterocycles. The molecule has 1 fully saturated rings. The lowest BCUT2D eigenvalue weighted by molar-refractivity contribution is 0.0203. The topological polar surface area (TPSA) is 114 Å². The SMILES string of the molecule is CC(C)(C)OC(=O)N1CCC(N2CCOc3c(Nc4c(Cl)cc(S(C)(=O)=O)cc4Cl)ncnc32)CC1. The maximum absolute atomic E-state index is 12.4. The molecule has 0 aliphatic carbocycles. The second-order valence-electron chi connectivity index (χ2n) is 9.77. The van der Waals surface area contributed by atoms with Gasteiger partial charge in [-0.15, -0.1) is 0 Å². The Bertz CT molecular complexity index is 1240. The van der Waals surface area contributed by atoms with E-state index in [4.69, 9.17) is 32.7 Å². The van der Waals surface area contributed by atoms with Crippen molar-refractivity contribution in [2.45, 2.75) is 50.2 Å². The summed E-state index contributed by atoms with van der Waals surface area (Å²) in [7, 11) is -3.48. The number of carbonyl (C=O) groups is 1. The van der Waals surface area contributed by atoms with Crippen LogP contribution in [0.2, 0.25) is 10.0 Å². The number of piperidine rings is 1. The van der Waals surface area contributed by atoms with Gasteiger partial charge in [-0.1, -0.05) is 23.2 Å². The summed E-state index contributed by atoms with van der Waals surface area (Å²) in [5, 5.41) is 3.36. The molecule has 1 saturated heterocycles. The molecule has 2 aliphatic heterocycles. The van der Waals surface area contributed by atoms with Crippen molar-refractivity contribution in [2.75, 3.05) is 42.7 Å². The van der Waals surface area contributed by atoms with Crippen LogP contribution < -0.4 is 15.0 Å². The molecule has 10 nitrogen and oxygen atoms in total. The minimum Gasteiger partial charge on any atom is -0.485 e. The van der Waals surface area contributed by atoms with Gasteiger partial charge in [-0.2, -0.15) is 0 Å². The maximum Gasteiger partial charge on any atom is 0.410 e. The number of hydrogen-bond acceptors (Lipinski definition) is 9. The van der Waals surface area contributed by atoms with Crippen LogP contribution in [0.5, 0.6) is 5.75 Å². The lowest BCUT2D eigenvalue weighted by Gasteiger charge is -2.41. The van der Waals surface area contributed by atoms with Crippen LogP contribution in [-0.2, 0) is 14.6 Å². The normalized spacial score (nSPS) is 16.8. The molecule has 0 radical (unpaired) electrons. The Morgan fingerprint density at radius 3 is 2.36 bits per heavy atom. The van der Waals surface area contributed by atoms with E-state index < -0.39 is 15.4 Å². The number of nitrogens with one attached hydrogen (secondary N) is 1. The molecule has 0 saturated carbocycles. The molecule has 0 atom stereocenters. The van der Waals surface area contributed by atoms with E-state index in [1.165, 1.54) is 18.5 Å². The molecule has 2 aliphatic rings. The molecule has 0 bridgehead atoms. The van der Waals surface area contributed by atoms with Gasteiger partial charge in [0.1, 0.15) is 18.5 Å². The van der Waals surface area contributed by atoms with E-state index >= 15 is 0 Å². The van der Waals surface area contributed by atoms with Crippen molar-refractivity contribution in [3.63, 3.8) is 0 Å². The predicted molar refractivity (Wildman–Crippen MR) is 139 cm³/mol. The Hall–Kier alpha value is -2.50. The fourth-order valence-electron chi connectivity index (χ4n) is 4.19. The summed E-state index contributed by atoms with van der Waals surface area (Å²) in [6, 6.07) is 2.84. The second-order valence-corrected chi connectivity index (χ2v) is 12.6. The van der Waals surface area contributed by atoms with E-state index in [9.17, 15) is 13.2 Å². The molecule has 196 valence electrons. The number of halogens is 2. The van der Waals surface area contributed by atoms with Gasteiger partial charge < -0.3 is 24.6 Å². The van der Waals surface area contributed by atoms with Crippen LogP contribution in [0, 0.1) is 0 Å². The molecule has 0 spiro atoms. The Labute approximate surface area is 220 Å². The van der Waals surface area contributed by atoms with Gasteiger partial charge in [-0.25, -0.2) is 23.2 Å². The van der Waals surface area contributed by atoms with Crippen LogP contribution in [0.15, 0.2) is 23.4 Å². The van der Waals surface area contributed by atoms with Crippen molar-refractivity contribution in [3.05, 3.63) is 28.5 Å². The third kappa shape index (κ3) is 5.90. The van der Waals surface area contributed by atoms with Gasteiger partial charge >= 0.3 is 6.09 Å². The molecule has 36 heavy (non-hydrogen) atoms. The highest BCUT2D eigenvalue weighted by atomic mass is 35.5. The number of carbonyl (C=O) groups excluding carboxylic acids is 1. The van der Waals surface area contributed by atoms with E-state index in [2.05, 4.69) is 20.2 Å². The summed E-state index contributed by atoms with van der Waals surface area (Å²) in [5.41, 5.74) is -0.216. The van der Waals surface area contributed by atoms with Crippen molar-refractivity contribution < 1.29 is 22.7 Å². The largest absolute Gasteiger partial charge is 0.485 e. The molecule has 4 rings (SSSR count). The van der Waals surface area contributed by atoms with Crippen LogP contribution in [0.3, 0.4) is 0 Å². The van der Waals surface area contributed by atoms with Crippen LogP contribution in [0.4, 0.5) is 22.1 Å². The highest BCUT2D eigenvalue weighted by Crippen LogP contribution is 2.41. The zero-order valence-corrected chi connectivity index (χ0v) is 22.9. The third-order valence-corrected chi connectivity index (χ3v) is 7.57. The van der Waals surface area contributed by atoms with Crippen molar-refractivity contribution >= 4 is 56.5 Å². The van der Waals surface area contributed by atoms with Gasteiger partial charge in [0, 0.05) is 25.4 Å². The van der Waals surface area contributed by atoms with E-state index in [0.29, 0.717) is 49.3 Å². The monoisotopic (exact) mass is 557 g/mol. The third-order valence-electron chi connectivity index (χ3n) is 5.88. The van der Waals surface area contributed by atoms with Crippen LogP contribution >= 0.6 is 23.2 Å². The molecular weight excluding hydrogens is 529 g/mol. The van der Waals surface area contributed by atoms with E-state index in [1.54, 1.807) is 4.90 Å². The second kappa shape index (κ2) is 10.1. The molecule has 13 heteroatoms. The number of likely N-dealkylation sites (tertiary alicyclic amines) is 1. The Morgan fingerprint density at radius 2 is 1.78 bits per heavy atom. The van der Waals surface area contributed by atoms with Gasteiger partial charge in [-0.3, -0.25) is 0 Å². The zero-order valence-electron chi connectivity index (χ0n) is 20.5. The average Bonchev–Trinajstić information content (AvgIpc) is 2.79. The molecular formula is C23H29Cl2N5O5S. The van der Waals surface area contributed by atoms with Crippen LogP contribution in [0.1, 0.15) is 33.6 Å². The molecule has 1 amide bonds. The number of fused-ring (bicyclic) bond motifs is 1. The smallest absolute Gasteiger partial charge is 0.410 e. The van der Waals surface area contributed by atoms with Crippen molar-refractivity contribution in [3.8, 4) is 5.75 Å². The Morgan fingerprint density at radius 1 is 1.14 bits per heavy atom. The van der Waals surface area contributed by atoms with Gasteiger partial charge in [0.05, 0.1) is 27.2 Å². The predicted octanol–water partition coefficient (Wildman–Crippen LogP) is 4.53. The van der Waals surface area contributed by atoms with Crippen LogP contribution in [-0.4, -0.2) is 73.5 Å². The maximum atomic E-state index is 12.4. The van der Waals surface area contributed by atoms with Crippen molar-refractivity contribution in [2.24, 2.45) is 0 Å². The lowest BCUT2D eigenvalue weighted by Crippen LogP contribution is -2.50. The molecule has 0 unspecified atom stereocenters. The Kier molecular flexibility index (Phi) is 7.45. The number of amides is 1. The quantitative estimate of drug-likeness (QED) is 0.578. The molecule has 1 aromatic heterocycles. The fourth-order valence-corrected chi connectivity index (χ4v) is 5.56.